The first-order chi connectivity index (χ1) is 12.1. The molecule has 9 heteroatoms. The fraction of sp³-hybridized carbons (Fsp3) is 0.125. The fourth-order valence-electron chi connectivity index (χ4n) is 2.67. The molecule has 1 N–H and O–H groups in total. The highest BCUT2D eigenvalue weighted by atomic mass is 32.1. The Kier molecular flexibility index (Phi) is 3.50. The Morgan fingerprint density at radius 1 is 1.24 bits per heavy atom. The number of hydrogen-bond acceptors (Lipinski definition) is 8. The normalized spacial score (nSPS) is 17.6. The van der Waals surface area contributed by atoms with E-state index < -0.39 is 23.5 Å². The highest BCUT2D eigenvalue weighted by Crippen LogP contribution is 2.42. The molecule has 126 valence electrons. The number of aromatic nitrogens is 2. The van der Waals surface area contributed by atoms with Crippen LogP contribution in [0.2, 0.25) is 0 Å². The van der Waals surface area contributed by atoms with Gasteiger partial charge in [-0.25, -0.2) is 0 Å². The molecular formula is C16H11N3O5S. The van der Waals surface area contributed by atoms with Crippen molar-refractivity contribution >= 4 is 28.2 Å². The number of aryl methyl sites for hydroxylation is 1. The van der Waals surface area contributed by atoms with Gasteiger partial charge in [0.15, 0.2) is 11.5 Å². The number of aliphatic hydroxyl groups excluding tert-OH is 1. The molecule has 0 bridgehead atoms. The van der Waals surface area contributed by atoms with Crippen LogP contribution in [-0.2, 0) is 4.79 Å². The predicted octanol–water partition coefficient (Wildman–Crippen LogP) is 2.82. The van der Waals surface area contributed by atoms with E-state index in [4.69, 9.17) is 8.83 Å². The zero-order valence-electron chi connectivity index (χ0n) is 12.9. The maximum Gasteiger partial charge on any atom is 0.296 e. The van der Waals surface area contributed by atoms with E-state index >= 15 is 0 Å². The van der Waals surface area contributed by atoms with Crippen LogP contribution in [0, 0.1) is 6.92 Å². The van der Waals surface area contributed by atoms with Crippen molar-refractivity contribution in [3.05, 3.63) is 64.7 Å². The number of hydrogen-bond donors (Lipinski definition) is 1. The Morgan fingerprint density at radius 2 is 2.00 bits per heavy atom. The molecule has 1 atom stereocenters. The number of Topliss-reactive ketones (excluding diaryl/α,β-unsaturated/α-hetero) is 1. The number of carbonyl (C=O) groups is 2. The van der Waals surface area contributed by atoms with Gasteiger partial charge in [0.25, 0.3) is 5.91 Å². The molecule has 0 saturated carbocycles. The molecule has 0 fully saturated rings. The number of furan rings is 2. The third kappa shape index (κ3) is 2.36. The van der Waals surface area contributed by atoms with Gasteiger partial charge in [0.2, 0.25) is 10.9 Å². The third-order valence-electron chi connectivity index (χ3n) is 3.73. The molecule has 0 radical (unpaired) electrons. The van der Waals surface area contributed by atoms with E-state index in [9.17, 15) is 14.7 Å². The lowest BCUT2D eigenvalue weighted by Crippen LogP contribution is -2.30. The molecule has 8 nitrogen and oxygen atoms in total. The molecule has 0 saturated heterocycles. The smallest absolute Gasteiger partial charge is 0.296 e. The van der Waals surface area contributed by atoms with E-state index in [2.05, 4.69) is 10.2 Å². The quantitative estimate of drug-likeness (QED) is 0.715. The van der Waals surface area contributed by atoms with Crippen molar-refractivity contribution in [3.63, 3.8) is 0 Å². The summed E-state index contributed by atoms with van der Waals surface area (Å²) in [5.74, 6) is -1.66. The van der Waals surface area contributed by atoms with Crippen LogP contribution in [-0.4, -0.2) is 27.0 Å². The van der Waals surface area contributed by atoms with Crippen molar-refractivity contribution < 1.29 is 23.5 Å². The summed E-state index contributed by atoms with van der Waals surface area (Å²) in [7, 11) is 0. The molecule has 0 aromatic carbocycles. The van der Waals surface area contributed by atoms with Gasteiger partial charge in [0.05, 0.1) is 18.1 Å². The van der Waals surface area contributed by atoms with Gasteiger partial charge in [-0.1, -0.05) is 11.3 Å². The van der Waals surface area contributed by atoms with Crippen molar-refractivity contribution in [2.75, 3.05) is 4.90 Å². The van der Waals surface area contributed by atoms with E-state index in [1.54, 1.807) is 25.1 Å². The van der Waals surface area contributed by atoms with E-state index in [0.29, 0.717) is 10.8 Å². The predicted molar refractivity (Wildman–Crippen MR) is 86.3 cm³/mol. The second kappa shape index (κ2) is 5.71. The van der Waals surface area contributed by atoms with Crippen LogP contribution in [0.3, 0.4) is 0 Å². The SMILES string of the molecule is Cc1nnc(N2C(=O)C(O)=C(C(=O)c3ccco3)[C@H]2c2ccco2)s1. The summed E-state index contributed by atoms with van der Waals surface area (Å²) in [5, 5.41) is 19.1. The maximum absolute atomic E-state index is 12.8. The zero-order chi connectivity index (χ0) is 17.6. The fourth-order valence-corrected chi connectivity index (χ4v) is 3.39. The Bertz CT molecular complexity index is 972. The Morgan fingerprint density at radius 3 is 2.60 bits per heavy atom. The Labute approximate surface area is 145 Å². The minimum atomic E-state index is -0.951. The number of rotatable bonds is 4. The highest BCUT2D eigenvalue weighted by Gasteiger charge is 2.47. The molecule has 4 heterocycles. The monoisotopic (exact) mass is 357 g/mol. The summed E-state index contributed by atoms with van der Waals surface area (Å²) >= 11 is 1.17. The first kappa shape index (κ1) is 15.3. The third-order valence-corrected chi connectivity index (χ3v) is 4.57. The van der Waals surface area contributed by atoms with Crippen LogP contribution in [0.4, 0.5) is 5.13 Å². The van der Waals surface area contributed by atoms with Gasteiger partial charge in [-0.3, -0.25) is 14.5 Å². The summed E-state index contributed by atoms with van der Waals surface area (Å²) in [4.78, 5) is 26.6. The molecule has 0 aliphatic carbocycles. The van der Waals surface area contributed by atoms with Gasteiger partial charge in [0, 0.05) is 0 Å². The van der Waals surface area contributed by atoms with Gasteiger partial charge in [0.1, 0.15) is 16.8 Å². The maximum atomic E-state index is 12.8. The van der Waals surface area contributed by atoms with Gasteiger partial charge in [-0.2, -0.15) is 0 Å². The molecule has 1 amide bonds. The number of nitrogens with zero attached hydrogens (tertiary/aromatic N) is 3. The largest absolute Gasteiger partial charge is 0.503 e. The van der Waals surface area contributed by atoms with Crippen molar-refractivity contribution in [2.45, 2.75) is 13.0 Å². The van der Waals surface area contributed by atoms with Crippen LogP contribution < -0.4 is 4.90 Å². The van der Waals surface area contributed by atoms with Crippen molar-refractivity contribution in [2.24, 2.45) is 0 Å². The summed E-state index contributed by atoms with van der Waals surface area (Å²) in [5.41, 5.74) is -0.122. The molecule has 3 aromatic heterocycles. The minimum absolute atomic E-state index is 0.0150. The lowest BCUT2D eigenvalue weighted by Gasteiger charge is -2.21. The average Bonchev–Trinajstić information content (AvgIpc) is 3.36. The second-order valence-electron chi connectivity index (χ2n) is 5.27. The van der Waals surface area contributed by atoms with Gasteiger partial charge < -0.3 is 13.9 Å². The lowest BCUT2D eigenvalue weighted by atomic mass is 10.00. The summed E-state index contributed by atoms with van der Waals surface area (Å²) in [6.45, 7) is 1.74. The standard InChI is InChI=1S/C16H11N3O5S/c1-8-17-18-16(25-8)19-12(9-4-2-6-23-9)11(14(21)15(19)22)13(20)10-5-3-7-24-10/h2-7,12,21H,1H3/t12-/m1/s1. The molecule has 25 heavy (non-hydrogen) atoms. The van der Waals surface area contributed by atoms with E-state index in [1.807, 2.05) is 0 Å². The van der Waals surface area contributed by atoms with Crippen LogP contribution in [0.5, 0.6) is 0 Å². The highest BCUT2D eigenvalue weighted by molar-refractivity contribution is 7.15. The molecule has 1 aliphatic rings. The summed E-state index contributed by atoms with van der Waals surface area (Å²) in [6.07, 6.45) is 2.77. The number of carbonyl (C=O) groups excluding carboxylic acids is 2. The zero-order valence-corrected chi connectivity index (χ0v) is 13.7. The van der Waals surface area contributed by atoms with Gasteiger partial charge >= 0.3 is 0 Å². The molecule has 1 aliphatic heterocycles. The van der Waals surface area contributed by atoms with Crippen LogP contribution >= 0.6 is 11.3 Å². The van der Waals surface area contributed by atoms with Crippen LogP contribution in [0.1, 0.15) is 27.4 Å². The first-order valence-electron chi connectivity index (χ1n) is 7.26. The van der Waals surface area contributed by atoms with E-state index in [0.717, 1.165) is 0 Å². The van der Waals surface area contributed by atoms with Crippen molar-refractivity contribution in [3.8, 4) is 0 Å². The first-order valence-corrected chi connectivity index (χ1v) is 8.08. The molecule has 0 unspecified atom stereocenters. The summed E-state index contributed by atoms with van der Waals surface area (Å²) in [6, 6.07) is 5.31. The van der Waals surface area contributed by atoms with Crippen molar-refractivity contribution in [1.29, 1.82) is 0 Å². The average molecular weight is 357 g/mol. The topological polar surface area (TPSA) is 110 Å². The number of amides is 1. The van der Waals surface area contributed by atoms with Gasteiger partial charge in [-0.05, 0) is 31.2 Å². The molecule has 0 spiro atoms. The van der Waals surface area contributed by atoms with Gasteiger partial charge in [-0.15, -0.1) is 10.2 Å². The van der Waals surface area contributed by atoms with Crippen molar-refractivity contribution in [1.82, 2.24) is 10.2 Å². The molecule has 3 aromatic rings. The number of anilines is 1. The Balaban J connectivity index is 1.86. The van der Waals surface area contributed by atoms with E-state index in [1.165, 1.54) is 34.8 Å². The molecule has 4 rings (SSSR count). The number of aliphatic hydroxyl groups is 1. The lowest BCUT2D eigenvalue weighted by molar-refractivity contribution is -0.117. The Hall–Kier alpha value is -3.20. The summed E-state index contributed by atoms with van der Waals surface area (Å²) < 4.78 is 10.5. The number of ketones is 1. The minimum Gasteiger partial charge on any atom is -0.503 e. The second-order valence-corrected chi connectivity index (χ2v) is 6.43. The molecular weight excluding hydrogens is 346 g/mol. The van der Waals surface area contributed by atoms with Crippen LogP contribution in [0.25, 0.3) is 0 Å². The van der Waals surface area contributed by atoms with E-state index in [-0.39, 0.29) is 16.5 Å². The van der Waals surface area contributed by atoms with Crippen LogP contribution in [0.15, 0.2) is 57.0 Å².